The van der Waals surface area contributed by atoms with Gasteiger partial charge in [0, 0.05) is 4.47 Å². The molecule has 5 nitrogen and oxygen atoms in total. The number of pyridine rings is 1. The summed E-state index contributed by atoms with van der Waals surface area (Å²) in [4.78, 5) is 15.7. The summed E-state index contributed by atoms with van der Waals surface area (Å²) in [5.74, 6) is 0.414. The maximum absolute atomic E-state index is 11.4. The highest BCUT2D eigenvalue weighted by atomic mass is 79.9. The van der Waals surface area contributed by atoms with Gasteiger partial charge in [0.25, 0.3) is 0 Å². The van der Waals surface area contributed by atoms with E-state index in [1.165, 1.54) is 0 Å². The van der Waals surface area contributed by atoms with Crippen LogP contribution >= 0.6 is 31.9 Å². The Labute approximate surface area is 132 Å². The van der Waals surface area contributed by atoms with Gasteiger partial charge in [0.05, 0.1) is 10.2 Å². The molecule has 2 aromatic rings. The fourth-order valence-electron chi connectivity index (χ4n) is 1.66. The van der Waals surface area contributed by atoms with E-state index in [0.29, 0.717) is 21.8 Å². The number of carbonyl (C=O) groups is 1. The first kappa shape index (κ1) is 15.1. The zero-order valence-electron chi connectivity index (χ0n) is 10.8. The van der Waals surface area contributed by atoms with Crippen LogP contribution in [0, 0.1) is 13.8 Å². The van der Waals surface area contributed by atoms with Gasteiger partial charge < -0.3 is 14.8 Å². The maximum atomic E-state index is 11.4. The molecule has 7 heteroatoms. The Morgan fingerprint density at radius 3 is 2.60 bits per heavy atom. The highest BCUT2D eigenvalue weighted by Crippen LogP contribution is 2.29. The van der Waals surface area contributed by atoms with Crippen LogP contribution in [-0.4, -0.2) is 16.1 Å². The molecular weight excluding hydrogens is 392 g/mol. The molecule has 0 saturated carbocycles. The summed E-state index contributed by atoms with van der Waals surface area (Å²) in [6.07, 6.45) is 0. The normalized spacial score (nSPS) is 12.2. The van der Waals surface area contributed by atoms with Gasteiger partial charge >= 0.3 is 5.97 Å². The van der Waals surface area contributed by atoms with Gasteiger partial charge in [0.2, 0.25) is 0 Å². The van der Waals surface area contributed by atoms with Crippen LogP contribution in [-0.2, 0) is 4.79 Å². The predicted octanol–water partition coefficient (Wildman–Crippen LogP) is 4.05. The van der Waals surface area contributed by atoms with Crippen LogP contribution in [0.3, 0.4) is 0 Å². The van der Waals surface area contributed by atoms with E-state index >= 15 is 0 Å². The number of carboxylic acid groups (broad SMARTS) is 1. The Bertz CT molecular complexity index is 655. The van der Waals surface area contributed by atoms with Crippen molar-refractivity contribution < 1.29 is 14.3 Å². The standard InChI is InChI=1S/C13H12Br2N2O3/c1-6-3-4-10(20-6)11(13(18)19)17-12-9(15)5-8(14)7(2)16-12/h3-5,11H,1-2H3,(H,16,17)(H,18,19). The van der Waals surface area contributed by atoms with Crippen molar-refractivity contribution in [1.82, 2.24) is 4.98 Å². The van der Waals surface area contributed by atoms with E-state index in [9.17, 15) is 9.90 Å². The van der Waals surface area contributed by atoms with Crippen LogP contribution < -0.4 is 5.32 Å². The van der Waals surface area contributed by atoms with Crippen molar-refractivity contribution in [1.29, 1.82) is 0 Å². The zero-order valence-corrected chi connectivity index (χ0v) is 13.9. The lowest BCUT2D eigenvalue weighted by Crippen LogP contribution is -2.21. The lowest BCUT2D eigenvalue weighted by Gasteiger charge is -2.15. The quantitative estimate of drug-likeness (QED) is 0.805. The lowest BCUT2D eigenvalue weighted by atomic mass is 10.2. The van der Waals surface area contributed by atoms with Crippen molar-refractivity contribution in [2.75, 3.05) is 5.32 Å². The first-order valence-corrected chi connectivity index (χ1v) is 7.35. The lowest BCUT2D eigenvalue weighted by molar-refractivity contribution is -0.138. The average Bonchev–Trinajstić information content (AvgIpc) is 2.78. The van der Waals surface area contributed by atoms with E-state index in [1.54, 1.807) is 19.1 Å². The number of aliphatic carboxylic acids is 1. The largest absolute Gasteiger partial charge is 0.479 e. The molecule has 0 amide bonds. The van der Waals surface area contributed by atoms with Gasteiger partial charge in [-0.2, -0.15) is 0 Å². The monoisotopic (exact) mass is 402 g/mol. The molecule has 0 bridgehead atoms. The Balaban J connectivity index is 2.34. The highest BCUT2D eigenvalue weighted by Gasteiger charge is 2.24. The van der Waals surface area contributed by atoms with Crippen molar-refractivity contribution in [3.05, 3.63) is 44.4 Å². The molecule has 0 aliphatic rings. The van der Waals surface area contributed by atoms with Crippen molar-refractivity contribution in [3.63, 3.8) is 0 Å². The van der Waals surface area contributed by atoms with Gasteiger partial charge in [-0.05, 0) is 63.9 Å². The molecule has 0 aliphatic carbocycles. The number of nitrogens with zero attached hydrogens (tertiary/aromatic N) is 1. The third kappa shape index (κ3) is 3.21. The number of nitrogens with one attached hydrogen (secondary N) is 1. The summed E-state index contributed by atoms with van der Waals surface area (Å²) >= 11 is 6.73. The van der Waals surface area contributed by atoms with Gasteiger partial charge in [-0.15, -0.1) is 0 Å². The molecule has 0 fully saturated rings. The maximum Gasteiger partial charge on any atom is 0.334 e. The molecule has 2 heterocycles. The van der Waals surface area contributed by atoms with Crippen LogP contribution in [0.5, 0.6) is 0 Å². The van der Waals surface area contributed by atoms with E-state index in [-0.39, 0.29) is 0 Å². The first-order chi connectivity index (χ1) is 9.38. The minimum Gasteiger partial charge on any atom is -0.479 e. The number of carboxylic acids is 1. The van der Waals surface area contributed by atoms with Crippen molar-refractivity contribution >= 4 is 43.6 Å². The highest BCUT2D eigenvalue weighted by molar-refractivity contribution is 9.11. The molecule has 0 aromatic carbocycles. The molecule has 2 rings (SSSR count). The number of hydrogen-bond acceptors (Lipinski definition) is 4. The molecule has 0 saturated heterocycles. The van der Waals surface area contributed by atoms with Gasteiger partial charge in [0.15, 0.2) is 6.04 Å². The molecule has 0 spiro atoms. The Morgan fingerprint density at radius 2 is 2.05 bits per heavy atom. The number of furan rings is 1. The van der Waals surface area contributed by atoms with E-state index in [1.807, 2.05) is 13.0 Å². The Hall–Kier alpha value is -1.34. The van der Waals surface area contributed by atoms with E-state index in [0.717, 1.165) is 10.2 Å². The second-order valence-corrected chi connectivity index (χ2v) is 5.96. The third-order valence-electron chi connectivity index (χ3n) is 2.68. The minimum absolute atomic E-state index is 0.337. The van der Waals surface area contributed by atoms with Crippen molar-refractivity contribution in [2.24, 2.45) is 0 Å². The van der Waals surface area contributed by atoms with Gasteiger partial charge in [0.1, 0.15) is 17.3 Å². The predicted molar refractivity (Wildman–Crippen MR) is 81.8 cm³/mol. The summed E-state index contributed by atoms with van der Waals surface area (Å²) in [7, 11) is 0. The first-order valence-electron chi connectivity index (χ1n) is 5.77. The number of halogens is 2. The minimum atomic E-state index is -1.03. The van der Waals surface area contributed by atoms with E-state index < -0.39 is 12.0 Å². The zero-order chi connectivity index (χ0) is 14.9. The van der Waals surface area contributed by atoms with E-state index in [4.69, 9.17) is 4.42 Å². The molecule has 1 atom stereocenters. The number of hydrogen-bond donors (Lipinski definition) is 2. The second kappa shape index (κ2) is 5.97. The summed E-state index contributed by atoms with van der Waals surface area (Å²) in [5, 5.41) is 12.2. The number of aryl methyl sites for hydroxylation is 2. The fraction of sp³-hybridized carbons (Fsp3) is 0.231. The topological polar surface area (TPSA) is 75.4 Å². The Kier molecular flexibility index (Phi) is 4.49. The third-order valence-corrected chi connectivity index (χ3v) is 4.09. The number of anilines is 1. The molecule has 0 radical (unpaired) electrons. The van der Waals surface area contributed by atoms with Gasteiger partial charge in [-0.1, -0.05) is 0 Å². The summed E-state index contributed by atoms with van der Waals surface area (Å²) in [6, 6.07) is 4.19. The number of rotatable bonds is 4. The van der Waals surface area contributed by atoms with Crippen LogP contribution in [0.2, 0.25) is 0 Å². The molecule has 106 valence electrons. The average molecular weight is 404 g/mol. The Morgan fingerprint density at radius 1 is 1.35 bits per heavy atom. The van der Waals surface area contributed by atoms with Gasteiger partial charge in [-0.25, -0.2) is 9.78 Å². The molecule has 2 aromatic heterocycles. The summed E-state index contributed by atoms with van der Waals surface area (Å²) < 4.78 is 6.89. The molecule has 20 heavy (non-hydrogen) atoms. The molecule has 0 aliphatic heterocycles. The molecule has 1 unspecified atom stereocenters. The summed E-state index contributed by atoms with van der Waals surface area (Å²) in [6.45, 7) is 3.59. The van der Waals surface area contributed by atoms with Crippen molar-refractivity contribution in [2.45, 2.75) is 19.9 Å². The van der Waals surface area contributed by atoms with Crippen LogP contribution in [0.25, 0.3) is 0 Å². The van der Waals surface area contributed by atoms with Crippen LogP contribution in [0.1, 0.15) is 23.3 Å². The van der Waals surface area contributed by atoms with Crippen LogP contribution in [0.4, 0.5) is 5.82 Å². The number of aromatic nitrogens is 1. The van der Waals surface area contributed by atoms with Crippen molar-refractivity contribution in [3.8, 4) is 0 Å². The molecular formula is C13H12Br2N2O3. The fourth-order valence-corrected chi connectivity index (χ4v) is 2.72. The SMILES string of the molecule is Cc1ccc(C(Nc2nc(C)c(Br)cc2Br)C(=O)O)o1. The molecule has 2 N–H and O–H groups in total. The second-order valence-electron chi connectivity index (χ2n) is 4.25. The van der Waals surface area contributed by atoms with Crippen LogP contribution in [0.15, 0.2) is 31.6 Å². The summed E-state index contributed by atoms with van der Waals surface area (Å²) in [5.41, 5.74) is 0.760. The smallest absolute Gasteiger partial charge is 0.334 e. The van der Waals surface area contributed by atoms with E-state index in [2.05, 4.69) is 42.2 Å². The van der Waals surface area contributed by atoms with Gasteiger partial charge in [-0.3, -0.25) is 0 Å².